The molecule has 0 spiro atoms. The van der Waals surface area contributed by atoms with E-state index in [-0.39, 0.29) is 5.82 Å². The third kappa shape index (κ3) is 3.89. The standard InChI is InChI=1S/C15H12ClFN6/c16-11-1-7-14(8-2-11)23-15(20-21-22-23)9-10-18-19-13-5-3-12(17)4-6-13/h1-8,10,19H,9H2/b18-10+. The molecule has 0 aliphatic rings. The van der Waals surface area contributed by atoms with Crippen LogP contribution in [0.3, 0.4) is 0 Å². The number of nitrogens with zero attached hydrogens (tertiary/aromatic N) is 5. The van der Waals surface area contributed by atoms with Crippen LogP contribution in [-0.4, -0.2) is 26.4 Å². The van der Waals surface area contributed by atoms with Gasteiger partial charge in [-0.05, 0) is 59.0 Å². The number of rotatable bonds is 5. The van der Waals surface area contributed by atoms with Crippen molar-refractivity contribution in [2.45, 2.75) is 6.42 Å². The van der Waals surface area contributed by atoms with Gasteiger partial charge >= 0.3 is 0 Å². The summed E-state index contributed by atoms with van der Waals surface area (Å²) in [7, 11) is 0. The lowest BCUT2D eigenvalue weighted by atomic mass is 10.3. The van der Waals surface area contributed by atoms with E-state index in [1.165, 1.54) is 12.1 Å². The van der Waals surface area contributed by atoms with Crippen molar-refractivity contribution in [2.75, 3.05) is 5.43 Å². The molecule has 23 heavy (non-hydrogen) atoms. The normalized spacial score (nSPS) is 11.0. The average Bonchev–Trinajstić information content (AvgIpc) is 3.02. The Labute approximate surface area is 136 Å². The fraction of sp³-hybridized carbons (Fsp3) is 0.0667. The molecule has 6 nitrogen and oxygen atoms in total. The van der Waals surface area contributed by atoms with Crippen LogP contribution in [0, 0.1) is 5.82 Å². The molecule has 1 heterocycles. The zero-order valence-corrected chi connectivity index (χ0v) is 12.7. The van der Waals surface area contributed by atoms with E-state index in [1.54, 1.807) is 35.2 Å². The lowest BCUT2D eigenvalue weighted by Gasteiger charge is -2.03. The predicted molar refractivity (Wildman–Crippen MR) is 86.4 cm³/mol. The van der Waals surface area contributed by atoms with Crippen LogP contribution in [0.4, 0.5) is 10.1 Å². The van der Waals surface area contributed by atoms with Gasteiger partial charge < -0.3 is 0 Å². The summed E-state index contributed by atoms with van der Waals surface area (Å²) in [6, 6.07) is 13.1. The minimum atomic E-state index is -0.290. The molecule has 3 aromatic rings. The van der Waals surface area contributed by atoms with Crippen molar-refractivity contribution in [2.24, 2.45) is 5.10 Å². The van der Waals surface area contributed by atoms with Crippen LogP contribution in [0.15, 0.2) is 53.6 Å². The Hall–Kier alpha value is -2.80. The molecule has 1 N–H and O–H groups in total. The van der Waals surface area contributed by atoms with Gasteiger partial charge in [-0.25, -0.2) is 4.39 Å². The SMILES string of the molecule is Fc1ccc(N/N=C/Cc2nnnn2-c2ccc(Cl)cc2)cc1. The first-order chi connectivity index (χ1) is 11.2. The molecule has 0 atom stereocenters. The molecular formula is C15H12ClFN6. The van der Waals surface area contributed by atoms with Gasteiger partial charge in [-0.3, -0.25) is 5.43 Å². The van der Waals surface area contributed by atoms with Gasteiger partial charge in [0, 0.05) is 17.7 Å². The molecule has 0 aliphatic carbocycles. The van der Waals surface area contributed by atoms with Crippen molar-refractivity contribution in [3.63, 3.8) is 0 Å². The minimum Gasteiger partial charge on any atom is -0.279 e. The average molecular weight is 331 g/mol. The maximum atomic E-state index is 12.8. The number of hydrogen-bond acceptors (Lipinski definition) is 5. The van der Waals surface area contributed by atoms with Crippen molar-refractivity contribution in [3.05, 3.63) is 65.2 Å². The van der Waals surface area contributed by atoms with Crippen LogP contribution in [0.1, 0.15) is 5.82 Å². The van der Waals surface area contributed by atoms with Crippen LogP contribution in [0.5, 0.6) is 0 Å². The molecule has 0 amide bonds. The van der Waals surface area contributed by atoms with E-state index in [4.69, 9.17) is 11.6 Å². The Morgan fingerprint density at radius 3 is 2.61 bits per heavy atom. The van der Waals surface area contributed by atoms with E-state index < -0.39 is 0 Å². The largest absolute Gasteiger partial charge is 0.279 e. The van der Waals surface area contributed by atoms with Crippen LogP contribution in [0.25, 0.3) is 5.69 Å². The Balaban J connectivity index is 1.65. The number of benzene rings is 2. The van der Waals surface area contributed by atoms with Crippen molar-refractivity contribution in [1.82, 2.24) is 20.2 Å². The first-order valence-corrected chi connectivity index (χ1v) is 7.16. The van der Waals surface area contributed by atoms with Crippen molar-refractivity contribution in [1.29, 1.82) is 0 Å². The van der Waals surface area contributed by atoms with Gasteiger partial charge in [-0.1, -0.05) is 11.6 Å². The van der Waals surface area contributed by atoms with E-state index >= 15 is 0 Å². The molecule has 0 saturated heterocycles. The first kappa shape index (κ1) is 15.1. The van der Waals surface area contributed by atoms with Crippen LogP contribution < -0.4 is 5.43 Å². The van der Waals surface area contributed by atoms with Gasteiger partial charge in [0.1, 0.15) is 5.82 Å². The van der Waals surface area contributed by atoms with Gasteiger partial charge in [0.25, 0.3) is 0 Å². The summed E-state index contributed by atoms with van der Waals surface area (Å²) in [5.41, 5.74) is 4.32. The molecule has 8 heteroatoms. The van der Waals surface area contributed by atoms with Crippen LogP contribution in [0.2, 0.25) is 5.02 Å². The highest BCUT2D eigenvalue weighted by molar-refractivity contribution is 6.30. The second-order valence-electron chi connectivity index (χ2n) is 4.62. The molecule has 0 saturated carbocycles. The highest BCUT2D eigenvalue weighted by Crippen LogP contribution is 2.13. The zero-order chi connectivity index (χ0) is 16.1. The van der Waals surface area contributed by atoms with E-state index in [2.05, 4.69) is 26.1 Å². The van der Waals surface area contributed by atoms with E-state index in [1.807, 2.05) is 12.1 Å². The Bertz CT molecular complexity index is 798. The lowest BCUT2D eigenvalue weighted by Crippen LogP contribution is -2.04. The topological polar surface area (TPSA) is 68.0 Å². The third-order valence-electron chi connectivity index (χ3n) is 3.01. The molecule has 0 radical (unpaired) electrons. The number of tetrazole rings is 1. The van der Waals surface area contributed by atoms with E-state index in [0.29, 0.717) is 23.0 Å². The summed E-state index contributed by atoms with van der Waals surface area (Å²) in [6.45, 7) is 0. The maximum Gasteiger partial charge on any atom is 0.162 e. The lowest BCUT2D eigenvalue weighted by molar-refractivity contribution is 0.628. The van der Waals surface area contributed by atoms with Crippen LogP contribution in [-0.2, 0) is 6.42 Å². The summed E-state index contributed by atoms with van der Waals surface area (Å²) in [4.78, 5) is 0. The number of nitrogens with one attached hydrogen (secondary N) is 1. The monoisotopic (exact) mass is 330 g/mol. The zero-order valence-electron chi connectivity index (χ0n) is 11.9. The number of hydrogen-bond donors (Lipinski definition) is 1. The fourth-order valence-corrected chi connectivity index (χ4v) is 2.01. The number of aromatic nitrogens is 4. The molecule has 116 valence electrons. The summed E-state index contributed by atoms with van der Waals surface area (Å²) in [5, 5.41) is 16.3. The Morgan fingerprint density at radius 1 is 1.13 bits per heavy atom. The molecule has 0 fully saturated rings. The van der Waals surface area contributed by atoms with Gasteiger partial charge in [0.15, 0.2) is 5.82 Å². The van der Waals surface area contributed by atoms with Crippen molar-refractivity contribution in [3.8, 4) is 5.69 Å². The maximum absolute atomic E-state index is 12.8. The van der Waals surface area contributed by atoms with E-state index in [9.17, 15) is 4.39 Å². The molecule has 0 bridgehead atoms. The summed E-state index contributed by atoms with van der Waals surface area (Å²) >= 11 is 5.87. The highest BCUT2D eigenvalue weighted by Gasteiger charge is 2.06. The minimum absolute atomic E-state index is 0.290. The summed E-state index contributed by atoms with van der Waals surface area (Å²) in [5.74, 6) is 0.346. The van der Waals surface area contributed by atoms with E-state index in [0.717, 1.165) is 5.69 Å². The fourth-order valence-electron chi connectivity index (χ4n) is 1.89. The summed E-state index contributed by atoms with van der Waals surface area (Å²) < 4.78 is 14.4. The molecule has 0 aliphatic heterocycles. The second-order valence-corrected chi connectivity index (χ2v) is 5.05. The van der Waals surface area contributed by atoms with Crippen LogP contribution >= 0.6 is 11.6 Å². The third-order valence-corrected chi connectivity index (χ3v) is 3.26. The molecule has 0 unspecified atom stereocenters. The smallest absolute Gasteiger partial charge is 0.162 e. The van der Waals surface area contributed by atoms with Gasteiger partial charge in [0.05, 0.1) is 11.4 Å². The molecule has 1 aromatic heterocycles. The van der Waals surface area contributed by atoms with Gasteiger partial charge in [0.2, 0.25) is 0 Å². The highest BCUT2D eigenvalue weighted by atomic mass is 35.5. The number of anilines is 1. The second kappa shape index (κ2) is 6.97. The first-order valence-electron chi connectivity index (χ1n) is 6.79. The Morgan fingerprint density at radius 2 is 1.87 bits per heavy atom. The number of hydrazone groups is 1. The number of halogens is 2. The molecule has 3 rings (SSSR count). The predicted octanol–water partition coefficient (Wildman–Crippen LogP) is 3.10. The van der Waals surface area contributed by atoms with Crippen molar-refractivity contribution < 1.29 is 4.39 Å². The Kier molecular flexibility index (Phi) is 4.58. The molecular weight excluding hydrogens is 319 g/mol. The quantitative estimate of drug-likeness (QED) is 0.576. The van der Waals surface area contributed by atoms with Gasteiger partial charge in [-0.15, -0.1) is 5.10 Å². The summed E-state index contributed by atoms with van der Waals surface area (Å²) in [6.07, 6.45) is 2.07. The molecule has 2 aromatic carbocycles. The van der Waals surface area contributed by atoms with Crippen molar-refractivity contribution >= 4 is 23.5 Å². The van der Waals surface area contributed by atoms with Gasteiger partial charge in [-0.2, -0.15) is 9.78 Å².